The molecule has 10 nitrogen and oxygen atoms in total. The highest BCUT2D eigenvalue weighted by molar-refractivity contribution is 7.90. The van der Waals surface area contributed by atoms with E-state index in [0.29, 0.717) is 34.9 Å². The molecule has 0 spiro atoms. The quantitative estimate of drug-likeness (QED) is 0.479. The molecule has 182 valence electrons. The average Bonchev–Trinajstić information content (AvgIpc) is 3.17. The third-order valence-corrected chi connectivity index (χ3v) is 8.56. The number of carbonyl (C=O) groups excluding carboxylic acids is 1. The molecule has 1 aromatic heterocycles. The van der Waals surface area contributed by atoms with Crippen LogP contribution in [-0.4, -0.2) is 53.2 Å². The molecule has 0 aliphatic carbocycles. The second-order valence-electron chi connectivity index (χ2n) is 8.06. The van der Waals surface area contributed by atoms with Crippen LogP contribution >= 0.6 is 11.3 Å². The molecule has 0 unspecified atom stereocenters. The van der Waals surface area contributed by atoms with Crippen molar-refractivity contribution in [1.29, 1.82) is 0 Å². The predicted octanol–water partition coefficient (Wildman–Crippen LogP) is 2.41. The van der Waals surface area contributed by atoms with Crippen LogP contribution in [0.25, 0.3) is 10.2 Å². The van der Waals surface area contributed by atoms with Gasteiger partial charge in [0.25, 0.3) is 0 Å². The average molecular weight is 526 g/mol. The van der Waals surface area contributed by atoms with Gasteiger partial charge in [-0.25, -0.2) is 21.8 Å². The first-order valence-electron chi connectivity index (χ1n) is 10.3. The van der Waals surface area contributed by atoms with Crippen LogP contribution in [0.4, 0.5) is 5.13 Å². The van der Waals surface area contributed by atoms with Crippen molar-refractivity contribution < 1.29 is 31.1 Å². The topological polar surface area (TPSA) is 141 Å². The van der Waals surface area contributed by atoms with Gasteiger partial charge in [-0.05, 0) is 36.2 Å². The summed E-state index contributed by atoms with van der Waals surface area (Å²) in [6, 6.07) is 7.67. The molecular weight excluding hydrogens is 502 g/mol. The fourth-order valence-corrected chi connectivity index (χ4v) is 6.28. The third kappa shape index (κ3) is 5.17. The zero-order chi connectivity index (χ0) is 24.7. The van der Waals surface area contributed by atoms with Gasteiger partial charge in [0.05, 0.1) is 20.0 Å². The Morgan fingerprint density at radius 3 is 2.35 bits per heavy atom. The molecule has 1 atom stereocenters. The molecule has 34 heavy (non-hydrogen) atoms. The minimum Gasteiger partial charge on any atom is -0.486 e. The van der Waals surface area contributed by atoms with Gasteiger partial charge in [0.15, 0.2) is 26.5 Å². The zero-order valence-corrected chi connectivity index (χ0v) is 21.0. The van der Waals surface area contributed by atoms with Gasteiger partial charge in [-0.2, -0.15) is 4.72 Å². The number of carbonyl (C=O) groups is 1. The predicted molar refractivity (Wildman–Crippen MR) is 128 cm³/mol. The van der Waals surface area contributed by atoms with Crippen LogP contribution in [-0.2, 0) is 24.7 Å². The largest absolute Gasteiger partial charge is 0.486 e. The van der Waals surface area contributed by atoms with Crippen molar-refractivity contribution in [3.63, 3.8) is 0 Å². The smallest absolute Gasteiger partial charge is 0.244 e. The molecule has 1 aliphatic heterocycles. The highest BCUT2D eigenvalue weighted by atomic mass is 32.2. The van der Waals surface area contributed by atoms with E-state index in [1.165, 1.54) is 30.3 Å². The summed E-state index contributed by atoms with van der Waals surface area (Å²) in [6.07, 6.45) is 1.11. The zero-order valence-electron chi connectivity index (χ0n) is 18.6. The van der Waals surface area contributed by atoms with Crippen LogP contribution in [0.15, 0.2) is 46.2 Å². The maximum atomic E-state index is 13.0. The van der Waals surface area contributed by atoms with Gasteiger partial charge in [-0.15, -0.1) is 0 Å². The molecule has 0 saturated carbocycles. The Bertz CT molecular complexity index is 1460. The molecule has 0 radical (unpaired) electrons. The molecule has 1 amide bonds. The van der Waals surface area contributed by atoms with Gasteiger partial charge in [0, 0.05) is 12.3 Å². The van der Waals surface area contributed by atoms with Crippen molar-refractivity contribution in [3.8, 4) is 11.5 Å². The number of hydrogen-bond acceptors (Lipinski definition) is 9. The Morgan fingerprint density at radius 2 is 1.68 bits per heavy atom. The highest BCUT2D eigenvalue weighted by Crippen LogP contribution is 2.32. The first-order valence-corrected chi connectivity index (χ1v) is 14.5. The van der Waals surface area contributed by atoms with E-state index >= 15 is 0 Å². The van der Waals surface area contributed by atoms with Crippen molar-refractivity contribution in [2.24, 2.45) is 5.92 Å². The van der Waals surface area contributed by atoms with Crippen molar-refractivity contribution in [2.45, 2.75) is 29.7 Å². The van der Waals surface area contributed by atoms with Gasteiger partial charge in [0.1, 0.15) is 19.3 Å². The Morgan fingerprint density at radius 1 is 1.00 bits per heavy atom. The summed E-state index contributed by atoms with van der Waals surface area (Å²) in [5.74, 6) is -0.183. The number of ether oxygens (including phenoxy) is 2. The number of amides is 1. The van der Waals surface area contributed by atoms with Gasteiger partial charge in [-0.1, -0.05) is 25.2 Å². The number of aromatic nitrogens is 1. The summed E-state index contributed by atoms with van der Waals surface area (Å²) >= 11 is 1.10. The van der Waals surface area contributed by atoms with E-state index < -0.39 is 31.8 Å². The molecule has 2 N–H and O–H groups in total. The molecule has 3 aromatic rings. The second-order valence-corrected chi connectivity index (χ2v) is 12.8. The number of hydrogen-bond donors (Lipinski definition) is 2. The Hall–Kier alpha value is -2.74. The lowest BCUT2D eigenvalue weighted by atomic mass is 10.1. The summed E-state index contributed by atoms with van der Waals surface area (Å²) < 4.78 is 63.5. The van der Waals surface area contributed by atoms with E-state index in [0.717, 1.165) is 17.6 Å². The molecule has 13 heteroatoms. The third-order valence-electron chi connectivity index (χ3n) is 5.07. The SMILES string of the molecule is CC(C)[C@H](NS(=O)(=O)c1ccc2c(c1)OCCO2)C(=O)Nc1nc2ccc(S(C)(=O)=O)cc2s1. The number of rotatable bonds is 7. The summed E-state index contributed by atoms with van der Waals surface area (Å²) in [4.78, 5) is 17.4. The molecule has 1 aliphatic rings. The van der Waals surface area contributed by atoms with E-state index in [1.54, 1.807) is 19.9 Å². The lowest BCUT2D eigenvalue weighted by Gasteiger charge is -2.22. The number of sulfone groups is 1. The van der Waals surface area contributed by atoms with Crippen LogP contribution in [0.1, 0.15) is 13.8 Å². The molecule has 0 fully saturated rings. The number of benzene rings is 2. The fraction of sp³-hybridized carbons (Fsp3) is 0.333. The molecular formula is C21H23N3O7S3. The molecule has 4 rings (SSSR count). The van der Waals surface area contributed by atoms with E-state index in [4.69, 9.17) is 9.47 Å². The van der Waals surface area contributed by atoms with Crippen LogP contribution in [0, 0.1) is 5.92 Å². The first kappa shape index (κ1) is 24.4. The number of nitrogens with zero attached hydrogens (tertiary/aromatic N) is 1. The molecule has 0 saturated heterocycles. The van der Waals surface area contributed by atoms with Crippen molar-refractivity contribution in [3.05, 3.63) is 36.4 Å². The van der Waals surface area contributed by atoms with E-state index in [2.05, 4.69) is 15.0 Å². The minimum absolute atomic E-state index is 0.0523. The molecule has 0 bridgehead atoms. The molecule has 2 aromatic carbocycles. The second kappa shape index (κ2) is 9.13. The van der Waals surface area contributed by atoms with Gasteiger partial charge in [-0.3, -0.25) is 4.79 Å². The van der Waals surface area contributed by atoms with Gasteiger partial charge >= 0.3 is 0 Å². The Kier molecular flexibility index (Phi) is 6.55. The summed E-state index contributed by atoms with van der Waals surface area (Å²) in [6.45, 7) is 4.13. The summed E-state index contributed by atoms with van der Waals surface area (Å²) in [5.41, 5.74) is 0.519. The van der Waals surface area contributed by atoms with E-state index in [1.807, 2.05) is 0 Å². The summed E-state index contributed by atoms with van der Waals surface area (Å²) in [5, 5.41) is 2.87. The van der Waals surface area contributed by atoms with Gasteiger partial charge in [0.2, 0.25) is 15.9 Å². The van der Waals surface area contributed by atoms with Crippen molar-refractivity contribution in [2.75, 3.05) is 24.8 Å². The summed E-state index contributed by atoms with van der Waals surface area (Å²) in [7, 11) is -7.44. The lowest BCUT2D eigenvalue weighted by molar-refractivity contribution is -0.118. The van der Waals surface area contributed by atoms with E-state index in [9.17, 15) is 21.6 Å². The standard InChI is InChI=1S/C21H23N3O7S3/c1-12(2)19(24-34(28,29)14-5-7-16-17(10-14)31-9-8-30-16)20(25)23-21-22-15-6-4-13(33(3,26)27)11-18(15)32-21/h4-7,10-12,19,24H,8-9H2,1-3H3,(H,22,23,25)/t19-/m0/s1. The monoisotopic (exact) mass is 525 g/mol. The maximum absolute atomic E-state index is 13.0. The molecule has 2 heterocycles. The number of fused-ring (bicyclic) bond motifs is 2. The normalized spacial score (nSPS) is 14.8. The van der Waals surface area contributed by atoms with Crippen molar-refractivity contribution in [1.82, 2.24) is 9.71 Å². The number of anilines is 1. The number of thiazole rings is 1. The number of sulfonamides is 1. The van der Waals surface area contributed by atoms with Crippen LogP contribution in [0.5, 0.6) is 11.5 Å². The number of nitrogens with one attached hydrogen (secondary N) is 2. The van der Waals surface area contributed by atoms with Gasteiger partial charge < -0.3 is 14.8 Å². The fourth-order valence-electron chi connectivity index (χ4n) is 3.29. The minimum atomic E-state index is -4.05. The van der Waals surface area contributed by atoms with Crippen LogP contribution in [0.2, 0.25) is 0 Å². The highest BCUT2D eigenvalue weighted by Gasteiger charge is 2.30. The van der Waals surface area contributed by atoms with E-state index in [-0.39, 0.29) is 20.8 Å². The Labute approximate surface area is 201 Å². The lowest BCUT2D eigenvalue weighted by Crippen LogP contribution is -2.47. The van der Waals surface area contributed by atoms with Crippen LogP contribution < -0.4 is 19.5 Å². The first-order chi connectivity index (χ1) is 15.9. The van der Waals surface area contributed by atoms with Crippen LogP contribution in [0.3, 0.4) is 0 Å². The Balaban J connectivity index is 1.55. The maximum Gasteiger partial charge on any atom is 0.244 e. The van der Waals surface area contributed by atoms with Crippen molar-refractivity contribution >= 4 is 52.5 Å².